The minimum absolute atomic E-state index is 0.136. The Labute approximate surface area is 115 Å². The van der Waals surface area contributed by atoms with Crippen molar-refractivity contribution < 1.29 is 23.8 Å². The lowest BCUT2D eigenvalue weighted by Gasteiger charge is -2.02. The van der Waals surface area contributed by atoms with Crippen LogP contribution in [-0.4, -0.2) is 36.7 Å². The number of aliphatic carboxylic acids is 1. The number of nitrogens with one attached hydrogen (secondary N) is 1. The van der Waals surface area contributed by atoms with E-state index < -0.39 is 5.97 Å². The number of carbonyl (C=O) groups excluding carboxylic acids is 1. The number of ether oxygens (including phenoxy) is 1. The van der Waals surface area contributed by atoms with Crippen molar-refractivity contribution in [2.45, 2.75) is 6.92 Å². The van der Waals surface area contributed by atoms with Crippen molar-refractivity contribution in [2.24, 2.45) is 0 Å². The molecule has 0 aliphatic heterocycles. The second-order valence-corrected chi connectivity index (χ2v) is 4.31. The fraction of sp³-hybridized carbons (Fsp3) is 0.286. The summed E-state index contributed by atoms with van der Waals surface area (Å²) in [5, 5.41) is 11.9. The Balaban J connectivity index is 1.91. The number of aryl methyl sites for hydroxylation is 1. The first-order valence-corrected chi connectivity index (χ1v) is 6.15. The maximum Gasteiger partial charge on any atom is 0.329 e. The Hall–Kier alpha value is -2.34. The van der Waals surface area contributed by atoms with E-state index in [1.165, 1.54) is 0 Å². The molecule has 0 aliphatic carbocycles. The van der Waals surface area contributed by atoms with Crippen molar-refractivity contribution >= 4 is 22.8 Å². The van der Waals surface area contributed by atoms with Gasteiger partial charge in [-0.25, -0.2) is 4.79 Å². The summed E-state index contributed by atoms with van der Waals surface area (Å²) in [6.07, 6.45) is 0. The summed E-state index contributed by atoms with van der Waals surface area (Å²) in [4.78, 5) is 22.1. The van der Waals surface area contributed by atoms with Crippen LogP contribution in [0.3, 0.4) is 0 Å². The van der Waals surface area contributed by atoms with Crippen molar-refractivity contribution in [3.8, 4) is 0 Å². The summed E-state index contributed by atoms with van der Waals surface area (Å²) >= 11 is 0. The zero-order valence-electron chi connectivity index (χ0n) is 11.0. The third-order valence-corrected chi connectivity index (χ3v) is 2.72. The van der Waals surface area contributed by atoms with Crippen molar-refractivity contribution in [2.75, 3.05) is 19.8 Å². The van der Waals surface area contributed by atoms with E-state index in [0.29, 0.717) is 5.58 Å². The van der Waals surface area contributed by atoms with Gasteiger partial charge in [-0.15, -0.1) is 0 Å². The van der Waals surface area contributed by atoms with Gasteiger partial charge in [0, 0.05) is 11.9 Å². The molecular weight excluding hydrogens is 262 g/mol. The Morgan fingerprint density at radius 3 is 2.90 bits per heavy atom. The number of amides is 1. The largest absolute Gasteiger partial charge is 0.480 e. The Bertz CT molecular complexity index is 632. The summed E-state index contributed by atoms with van der Waals surface area (Å²) in [6, 6.07) is 7.36. The van der Waals surface area contributed by atoms with Gasteiger partial charge in [0.05, 0.1) is 6.61 Å². The highest BCUT2D eigenvalue weighted by molar-refractivity contribution is 5.96. The van der Waals surface area contributed by atoms with Crippen LogP contribution >= 0.6 is 0 Å². The van der Waals surface area contributed by atoms with Gasteiger partial charge in [-0.1, -0.05) is 18.2 Å². The average molecular weight is 277 g/mol. The number of carboxylic acid groups (broad SMARTS) is 1. The minimum Gasteiger partial charge on any atom is -0.480 e. The zero-order chi connectivity index (χ0) is 14.5. The number of hydrogen-bond acceptors (Lipinski definition) is 4. The molecule has 0 fully saturated rings. The number of hydrogen-bond donors (Lipinski definition) is 2. The van der Waals surface area contributed by atoms with Gasteiger partial charge < -0.3 is 19.6 Å². The Morgan fingerprint density at radius 1 is 1.40 bits per heavy atom. The molecule has 0 aliphatic rings. The highest BCUT2D eigenvalue weighted by Crippen LogP contribution is 2.22. The highest BCUT2D eigenvalue weighted by Gasteiger charge is 2.12. The van der Waals surface area contributed by atoms with Gasteiger partial charge in [-0.2, -0.15) is 0 Å². The van der Waals surface area contributed by atoms with Gasteiger partial charge in [0.15, 0.2) is 5.76 Å². The van der Waals surface area contributed by atoms with Gasteiger partial charge in [0.1, 0.15) is 12.2 Å². The smallest absolute Gasteiger partial charge is 0.329 e. The molecule has 0 radical (unpaired) electrons. The van der Waals surface area contributed by atoms with E-state index in [2.05, 4.69) is 5.32 Å². The first kappa shape index (κ1) is 14.1. The van der Waals surface area contributed by atoms with Gasteiger partial charge in [-0.05, 0) is 18.6 Å². The van der Waals surface area contributed by atoms with Gasteiger partial charge in [-0.3, -0.25) is 4.79 Å². The molecule has 20 heavy (non-hydrogen) atoms. The van der Waals surface area contributed by atoms with Crippen LogP contribution in [0.5, 0.6) is 0 Å². The first-order valence-electron chi connectivity index (χ1n) is 6.15. The molecule has 1 amide bonds. The van der Waals surface area contributed by atoms with Crippen LogP contribution < -0.4 is 5.32 Å². The number of carbonyl (C=O) groups is 2. The number of rotatable bonds is 6. The normalized spacial score (nSPS) is 10.7. The summed E-state index contributed by atoms with van der Waals surface area (Å²) in [6.45, 7) is 1.90. The fourth-order valence-corrected chi connectivity index (χ4v) is 1.80. The van der Waals surface area contributed by atoms with Crippen LogP contribution in [0.4, 0.5) is 0 Å². The molecular formula is C14H15NO5. The summed E-state index contributed by atoms with van der Waals surface area (Å²) < 4.78 is 10.3. The summed E-state index contributed by atoms with van der Waals surface area (Å²) in [7, 11) is 0. The van der Waals surface area contributed by atoms with Crippen LogP contribution in [0.15, 0.2) is 28.7 Å². The minimum atomic E-state index is -1.04. The lowest BCUT2D eigenvalue weighted by atomic mass is 10.2. The maximum atomic E-state index is 11.8. The Kier molecular flexibility index (Phi) is 4.37. The fourth-order valence-electron chi connectivity index (χ4n) is 1.80. The SMILES string of the molecule is Cc1cccc2cc(C(=O)NCCOCC(=O)O)oc12. The van der Waals surface area contributed by atoms with Crippen LogP contribution in [-0.2, 0) is 9.53 Å². The van der Waals surface area contributed by atoms with E-state index in [-0.39, 0.29) is 31.4 Å². The van der Waals surface area contributed by atoms with Crippen molar-refractivity contribution in [1.82, 2.24) is 5.32 Å². The molecule has 1 aromatic carbocycles. The molecule has 0 atom stereocenters. The molecule has 6 heteroatoms. The van der Waals surface area contributed by atoms with Crippen LogP contribution in [0, 0.1) is 6.92 Å². The molecule has 0 saturated heterocycles. The summed E-state index contributed by atoms with van der Waals surface area (Å²) in [5.74, 6) is -1.16. The summed E-state index contributed by atoms with van der Waals surface area (Å²) in [5.41, 5.74) is 1.66. The van der Waals surface area contributed by atoms with E-state index >= 15 is 0 Å². The molecule has 1 aromatic heterocycles. The van der Waals surface area contributed by atoms with Crippen molar-refractivity contribution in [3.05, 3.63) is 35.6 Å². The molecule has 2 N–H and O–H groups in total. The molecule has 0 spiro atoms. The topological polar surface area (TPSA) is 88.8 Å². The van der Waals surface area contributed by atoms with E-state index in [4.69, 9.17) is 14.3 Å². The van der Waals surface area contributed by atoms with Crippen LogP contribution in [0.2, 0.25) is 0 Å². The van der Waals surface area contributed by atoms with Crippen molar-refractivity contribution in [1.29, 1.82) is 0 Å². The van der Waals surface area contributed by atoms with E-state index in [0.717, 1.165) is 10.9 Å². The number of carboxylic acids is 1. The third-order valence-electron chi connectivity index (χ3n) is 2.72. The standard InChI is InChI=1S/C14H15NO5/c1-9-3-2-4-10-7-11(20-13(9)10)14(18)15-5-6-19-8-12(16)17/h2-4,7H,5-6,8H2,1H3,(H,15,18)(H,16,17). The number of fused-ring (bicyclic) bond motifs is 1. The lowest BCUT2D eigenvalue weighted by Crippen LogP contribution is -2.27. The van der Waals surface area contributed by atoms with E-state index in [1.54, 1.807) is 6.07 Å². The van der Waals surface area contributed by atoms with Crippen molar-refractivity contribution in [3.63, 3.8) is 0 Å². The highest BCUT2D eigenvalue weighted by atomic mass is 16.5. The zero-order valence-corrected chi connectivity index (χ0v) is 11.0. The molecule has 6 nitrogen and oxygen atoms in total. The molecule has 1 heterocycles. The Morgan fingerprint density at radius 2 is 2.20 bits per heavy atom. The molecule has 0 saturated carbocycles. The predicted octanol–water partition coefficient (Wildman–Crippen LogP) is 1.57. The van der Waals surface area contributed by atoms with Crippen LogP contribution in [0.25, 0.3) is 11.0 Å². The average Bonchev–Trinajstić information content (AvgIpc) is 2.83. The maximum absolute atomic E-state index is 11.8. The molecule has 0 unspecified atom stereocenters. The van der Waals surface area contributed by atoms with Gasteiger partial charge in [0.25, 0.3) is 5.91 Å². The molecule has 106 valence electrons. The number of furan rings is 1. The van der Waals surface area contributed by atoms with Gasteiger partial charge >= 0.3 is 5.97 Å². The molecule has 0 bridgehead atoms. The van der Waals surface area contributed by atoms with E-state index in [9.17, 15) is 9.59 Å². The van der Waals surface area contributed by atoms with E-state index in [1.807, 2.05) is 25.1 Å². The number of benzene rings is 1. The molecule has 2 rings (SSSR count). The number of para-hydroxylation sites is 1. The van der Waals surface area contributed by atoms with Gasteiger partial charge in [0.2, 0.25) is 0 Å². The lowest BCUT2D eigenvalue weighted by molar-refractivity contribution is -0.142. The monoisotopic (exact) mass is 277 g/mol. The molecule has 2 aromatic rings. The third kappa shape index (κ3) is 3.36. The second-order valence-electron chi connectivity index (χ2n) is 4.31. The first-order chi connectivity index (χ1) is 9.58. The second kappa shape index (κ2) is 6.21. The predicted molar refractivity (Wildman–Crippen MR) is 71.7 cm³/mol. The van der Waals surface area contributed by atoms with Crippen LogP contribution in [0.1, 0.15) is 16.1 Å². The quantitative estimate of drug-likeness (QED) is 0.782.